The zero-order chi connectivity index (χ0) is 93.7. The van der Waals surface area contributed by atoms with E-state index in [1.807, 2.05) is 36.9 Å². The van der Waals surface area contributed by atoms with E-state index in [9.17, 15) is 26.3 Å². The van der Waals surface area contributed by atoms with Crippen LogP contribution >= 0.6 is 0 Å². The largest absolute Gasteiger partial charge is 0.393 e. The Morgan fingerprint density at radius 2 is 0.852 bits per heavy atom. The molecule has 12 aromatic rings. The summed E-state index contributed by atoms with van der Waals surface area (Å²) in [6.07, 6.45) is 46.7. The molecule has 0 radical (unpaired) electrons. The molecule has 8 fully saturated rings. The lowest BCUT2D eigenvalue weighted by molar-refractivity contribution is 0.00835. The summed E-state index contributed by atoms with van der Waals surface area (Å²) >= 11 is 0. The van der Waals surface area contributed by atoms with E-state index in [2.05, 4.69) is 142 Å². The Labute approximate surface area is 794 Å². The fourth-order valence-electron chi connectivity index (χ4n) is 20.6. The summed E-state index contributed by atoms with van der Waals surface area (Å²) in [6, 6.07) is 28.0. The molecule has 4 aromatic carbocycles. The SMILES string of the molecule is CCCCNc1ncc2c(-c3ccc(C4(N5CCOCC5)CC4)cc3)cn(C3CCC(O)CC3)c2n1.CCCCNc1ncc2c(-c3ccc(S(=O)(=O)N4CCOCC4)c(F)c3)cn(CC3CCC(C)CC3)c2n1.CCCCNc1ncc2c(-c3ccc(S(N)(=O)=O)cc3)cn(CC3CCC(C)CC3)c2n1.NC1CCC(n2cc(-c3ccc(F)cc3)c3cnc(NCCC4CC4)nc32)CC1. The zero-order valence-electron chi connectivity index (χ0n) is 79.4. The number of rotatable bonds is 31. The molecule has 6 aliphatic carbocycles. The number of ether oxygens (including phenoxy) is 2. The molecular formula is C104H138F2N20O7S2. The number of anilines is 4. The lowest BCUT2D eigenvalue weighted by atomic mass is 9.83. The first-order valence-corrected chi connectivity index (χ1v) is 53.1. The van der Waals surface area contributed by atoms with Gasteiger partial charge in [-0.1, -0.05) is 147 Å². The van der Waals surface area contributed by atoms with E-state index >= 15 is 4.39 Å². The molecule has 27 nitrogen and oxygen atoms in total. The molecule has 135 heavy (non-hydrogen) atoms. The monoisotopic (exact) mass is 1880 g/mol. The Morgan fingerprint density at radius 3 is 1.29 bits per heavy atom. The van der Waals surface area contributed by atoms with Gasteiger partial charge in [0.15, 0.2) is 0 Å². The summed E-state index contributed by atoms with van der Waals surface area (Å²) in [7, 11) is -7.65. The number of fused-ring (bicyclic) bond motifs is 4. The van der Waals surface area contributed by atoms with Gasteiger partial charge in [0.25, 0.3) is 0 Å². The van der Waals surface area contributed by atoms with Crippen LogP contribution in [-0.4, -0.2) is 180 Å². The second-order valence-electron chi connectivity index (χ2n) is 39.2. The molecule has 8 aliphatic rings. The van der Waals surface area contributed by atoms with Crippen molar-refractivity contribution in [2.24, 2.45) is 40.5 Å². The van der Waals surface area contributed by atoms with Gasteiger partial charge in [0.2, 0.25) is 43.8 Å². The standard InChI is InChI=1S/C29H39N5O2.C28H38FN5O3S.C24H33N5O2S.C23H28FN5/c1-2-3-14-30-28-31-19-25-26(20-34(27(25)32-28)23-8-10-24(35)11-9-23)21-4-6-22(7-5-21)29(12-13-29)33-15-17-36-18-16-33;1-3-4-11-30-28-31-17-23-24(19-33(27(23)32-28)18-21-7-5-20(2)6-8-21)22-9-10-26(25(29)16-22)38(35,36)34-12-14-37-15-13-34;1-3-4-13-26-24-27-14-21-22(19-9-11-20(12-10-19)32(25,30)31)16-29(23(21)28-24)15-18-7-5-17(2)6-8-18;24-17-5-3-16(4-6-17)21-14-29(19-9-7-18(25)8-10-19)22-20(21)13-27-23(28-22)26-12-11-15-1-2-15/h4-7,19-20,23-24,35H,2-3,8-18H2,1H3,(H,30,31,32);9-10,16-17,19-21H,3-8,11-15,18H2,1-2H3,(H,30,31,32);9-12,14,16-18H,3-8,13,15H2,1-2H3,(H2,25,30,31)(H,26,27,28);3-6,13-15,18-19H,1-2,7-12,25H2,(H,26,27,28). The molecule has 6 saturated carbocycles. The molecule has 2 saturated heterocycles. The summed E-state index contributed by atoms with van der Waals surface area (Å²) in [6.45, 7) is 21.2. The van der Waals surface area contributed by atoms with Crippen molar-refractivity contribution >= 4 is 88.0 Å². The van der Waals surface area contributed by atoms with Crippen LogP contribution < -0.4 is 32.1 Å². The van der Waals surface area contributed by atoms with Crippen LogP contribution in [0.5, 0.6) is 0 Å². The summed E-state index contributed by atoms with van der Waals surface area (Å²) < 4.78 is 99.4. The highest BCUT2D eigenvalue weighted by Crippen LogP contribution is 2.52. The van der Waals surface area contributed by atoms with Crippen molar-refractivity contribution in [1.29, 1.82) is 0 Å². The minimum atomic E-state index is -3.93. The van der Waals surface area contributed by atoms with Crippen LogP contribution in [0.25, 0.3) is 88.6 Å². The van der Waals surface area contributed by atoms with E-state index in [1.165, 1.54) is 129 Å². The van der Waals surface area contributed by atoms with Crippen LogP contribution in [0.2, 0.25) is 0 Å². The Balaban J connectivity index is 0.000000126. The number of morpholine rings is 2. The highest BCUT2D eigenvalue weighted by Gasteiger charge is 2.49. The Hall–Kier alpha value is -9.96. The lowest BCUT2D eigenvalue weighted by Crippen LogP contribution is -2.43. The van der Waals surface area contributed by atoms with Gasteiger partial charge in [0.1, 0.15) is 39.1 Å². The first kappa shape index (κ1) is 96.7. The van der Waals surface area contributed by atoms with Gasteiger partial charge >= 0.3 is 0 Å². The second kappa shape index (κ2) is 44.2. The van der Waals surface area contributed by atoms with Crippen molar-refractivity contribution in [3.8, 4) is 44.5 Å². The molecular weight excluding hydrogens is 1740 g/mol. The number of sulfonamides is 2. The molecule has 0 spiro atoms. The van der Waals surface area contributed by atoms with E-state index in [4.69, 9.17) is 40.3 Å². The normalized spacial score (nSPS) is 21.7. The van der Waals surface area contributed by atoms with E-state index in [0.29, 0.717) is 72.5 Å². The number of hydrogen-bond donors (Lipinski definition) is 7. The number of nitrogens with one attached hydrogen (secondary N) is 4. The third-order valence-corrected chi connectivity index (χ3v) is 32.1. The number of benzene rings is 4. The molecule has 20 rings (SSSR count). The smallest absolute Gasteiger partial charge is 0.246 e. The second-order valence-corrected chi connectivity index (χ2v) is 42.7. The summed E-state index contributed by atoms with van der Waals surface area (Å²) in [5.74, 6) is 5.34. The van der Waals surface area contributed by atoms with Gasteiger partial charge < -0.3 is 59.8 Å². The molecule has 31 heteroatoms. The maximum Gasteiger partial charge on any atom is 0.246 e. The van der Waals surface area contributed by atoms with E-state index in [0.717, 1.165) is 245 Å². The number of aliphatic hydroxyl groups is 1. The molecule has 0 bridgehead atoms. The predicted molar refractivity (Wildman–Crippen MR) is 533 cm³/mol. The number of primary sulfonamides is 1. The van der Waals surface area contributed by atoms with Crippen LogP contribution in [-0.2, 0) is 48.1 Å². The van der Waals surface area contributed by atoms with Crippen LogP contribution in [0, 0.1) is 41.2 Å². The van der Waals surface area contributed by atoms with Crippen molar-refractivity contribution in [2.75, 3.05) is 100 Å². The fraction of sp³-hybridized carbons (Fsp3) is 0.538. The lowest BCUT2D eigenvalue weighted by Gasteiger charge is -2.35. The number of aromatic nitrogens is 12. The van der Waals surface area contributed by atoms with Gasteiger partial charge in [-0.15, -0.1) is 0 Å². The number of unbranched alkanes of at least 4 members (excludes halogenated alkanes) is 3. The predicted octanol–water partition coefficient (Wildman–Crippen LogP) is 20.1. The molecule has 9 N–H and O–H groups in total. The van der Waals surface area contributed by atoms with Crippen LogP contribution in [0.15, 0.2) is 150 Å². The maximum atomic E-state index is 15.4. The molecule has 0 atom stereocenters. The first-order chi connectivity index (χ1) is 65.6. The van der Waals surface area contributed by atoms with Gasteiger partial charge in [-0.05, 0) is 209 Å². The minimum Gasteiger partial charge on any atom is -0.393 e. The fourth-order valence-corrected chi connectivity index (χ4v) is 22.6. The van der Waals surface area contributed by atoms with Crippen molar-refractivity contribution in [3.63, 3.8) is 0 Å². The number of hydrogen-bond acceptors (Lipinski definition) is 21. The molecule has 10 heterocycles. The van der Waals surface area contributed by atoms with Gasteiger partial charge in [0, 0.05) is 182 Å². The average molecular weight is 1880 g/mol. The molecule has 8 aromatic heterocycles. The minimum absolute atomic E-state index is 0.111. The third-order valence-electron chi connectivity index (χ3n) is 29.3. The highest BCUT2D eigenvalue weighted by molar-refractivity contribution is 7.89. The number of halogens is 2. The van der Waals surface area contributed by atoms with Crippen molar-refractivity contribution < 1.29 is 40.2 Å². The molecule has 0 unspecified atom stereocenters. The number of aliphatic hydroxyl groups excluding tert-OH is 1. The van der Waals surface area contributed by atoms with Crippen molar-refractivity contribution in [3.05, 3.63) is 158 Å². The van der Waals surface area contributed by atoms with Crippen LogP contribution in [0.4, 0.5) is 32.6 Å². The van der Waals surface area contributed by atoms with Crippen LogP contribution in [0.3, 0.4) is 0 Å². The molecule has 722 valence electrons. The summed E-state index contributed by atoms with van der Waals surface area (Å²) in [4.78, 5) is 40.3. The van der Waals surface area contributed by atoms with Gasteiger partial charge in [-0.3, -0.25) is 4.90 Å². The number of nitrogens with zero attached hydrogens (tertiary/aromatic N) is 14. The Kier molecular flexibility index (Phi) is 31.7. The highest BCUT2D eigenvalue weighted by atomic mass is 32.2. The van der Waals surface area contributed by atoms with Gasteiger partial charge in [-0.2, -0.15) is 24.2 Å². The van der Waals surface area contributed by atoms with E-state index in [-0.39, 0.29) is 40.3 Å². The Bertz CT molecular complexity index is 6180. The van der Waals surface area contributed by atoms with Gasteiger partial charge in [0.05, 0.1) is 37.4 Å². The summed E-state index contributed by atoms with van der Waals surface area (Å²) in [5.41, 5.74) is 19.2. The zero-order valence-corrected chi connectivity index (χ0v) is 81.0. The van der Waals surface area contributed by atoms with Gasteiger partial charge in [-0.25, -0.2) is 50.7 Å². The first-order valence-electron chi connectivity index (χ1n) is 50.1. The third kappa shape index (κ3) is 23.6. The molecule has 2 aliphatic heterocycles. The van der Waals surface area contributed by atoms with Crippen molar-refractivity contribution in [2.45, 2.75) is 261 Å². The summed E-state index contributed by atoms with van der Waals surface area (Å²) in [5, 5.41) is 32.7. The van der Waals surface area contributed by atoms with E-state index in [1.54, 1.807) is 36.5 Å². The van der Waals surface area contributed by atoms with Crippen LogP contribution in [0.1, 0.15) is 226 Å². The topological polar surface area (TPSA) is 336 Å². The van der Waals surface area contributed by atoms with E-state index < -0.39 is 25.9 Å². The quantitative estimate of drug-likeness (QED) is 0.0198. The number of nitrogens with two attached hydrogens (primary N) is 2. The average Bonchev–Trinajstić information content (AvgIpc) is 1.57. The maximum absolute atomic E-state index is 15.4. The van der Waals surface area contributed by atoms with Crippen molar-refractivity contribution in [1.82, 2.24) is 67.3 Å². The molecule has 0 amide bonds. The Morgan fingerprint density at radius 1 is 0.459 bits per heavy atom.